The van der Waals surface area contributed by atoms with E-state index in [2.05, 4.69) is 15.2 Å². The fourth-order valence-electron chi connectivity index (χ4n) is 3.13. The fraction of sp³-hybridized carbons (Fsp3) is 0.421. The second kappa shape index (κ2) is 9.97. The summed E-state index contributed by atoms with van der Waals surface area (Å²) in [5, 5.41) is 4.14. The highest BCUT2D eigenvalue weighted by Crippen LogP contribution is 2.26. The molecule has 0 bridgehead atoms. The van der Waals surface area contributed by atoms with E-state index >= 15 is 0 Å². The molecule has 0 spiro atoms. The van der Waals surface area contributed by atoms with Crippen molar-refractivity contribution in [3.63, 3.8) is 0 Å². The van der Waals surface area contributed by atoms with Crippen molar-refractivity contribution in [2.45, 2.75) is 32.0 Å². The standard InChI is InChI=1S/C19H24ClN3O.ClH/c1-21-18-5-3-9-23(13-18)12-16-10-17(20)6-7-19(16)24-14-15-4-2-8-22-11-15;/h2,4,6-8,10-11,18,21H,3,5,9,12-14H2,1H3;1H. The highest BCUT2D eigenvalue weighted by Gasteiger charge is 2.19. The van der Waals surface area contributed by atoms with Gasteiger partial charge in [-0.1, -0.05) is 17.7 Å². The number of hydrogen-bond donors (Lipinski definition) is 1. The number of aromatic nitrogens is 1. The molecule has 1 unspecified atom stereocenters. The summed E-state index contributed by atoms with van der Waals surface area (Å²) in [7, 11) is 2.04. The van der Waals surface area contributed by atoms with Crippen molar-refractivity contribution in [2.75, 3.05) is 20.1 Å². The van der Waals surface area contributed by atoms with Crippen LogP contribution in [0.3, 0.4) is 0 Å². The van der Waals surface area contributed by atoms with Gasteiger partial charge in [-0.3, -0.25) is 9.88 Å². The van der Waals surface area contributed by atoms with Gasteiger partial charge < -0.3 is 10.1 Å². The number of likely N-dealkylation sites (N-methyl/N-ethyl adjacent to an activating group) is 1. The normalized spacial score (nSPS) is 17.8. The van der Waals surface area contributed by atoms with Crippen molar-refractivity contribution in [2.24, 2.45) is 0 Å². The van der Waals surface area contributed by atoms with E-state index in [0.29, 0.717) is 12.6 Å². The summed E-state index contributed by atoms with van der Waals surface area (Å²) in [6, 6.07) is 10.4. The molecular weight excluding hydrogens is 357 g/mol. The molecule has 0 saturated carbocycles. The van der Waals surface area contributed by atoms with Crippen molar-refractivity contribution in [3.8, 4) is 5.75 Å². The number of pyridine rings is 1. The van der Waals surface area contributed by atoms with E-state index in [0.717, 1.165) is 41.5 Å². The molecule has 1 fully saturated rings. The quantitative estimate of drug-likeness (QED) is 0.822. The molecule has 25 heavy (non-hydrogen) atoms. The highest BCUT2D eigenvalue weighted by molar-refractivity contribution is 6.30. The molecule has 1 aliphatic rings. The Hall–Kier alpha value is -1.33. The van der Waals surface area contributed by atoms with Crippen molar-refractivity contribution >= 4 is 24.0 Å². The van der Waals surface area contributed by atoms with Crippen LogP contribution in [0.5, 0.6) is 5.75 Å². The molecule has 2 aromatic rings. The summed E-state index contributed by atoms with van der Waals surface area (Å²) in [5.74, 6) is 0.898. The lowest BCUT2D eigenvalue weighted by Gasteiger charge is -2.32. The van der Waals surface area contributed by atoms with Crippen LogP contribution in [0, 0.1) is 0 Å². The molecule has 0 amide bonds. The Morgan fingerprint density at radius 3 is 3.00 bits per heavy atom. The van der Waals surface area contributed by atoms with Crippen LogP contribution in [0.4, 0.5) is 0 Å². The fourth-order valence-corrected chi connectivity index (χ4v) is 3.33. The third-order valence-electron chi connectivity index (χ3n) is 4.45. The molecule has 6 heteroatoms. The highest BCUT2D eigenvalue weighted by atomic mass is 35.5. The van der Waals surface area contributed by atoms with Gasteiger partial charge in [0.2, 0.25) is 0 Å². The van der Waals surface area contributed by atoms with Gasteiger partial charge in [0.25, 0.3) is 0 Å². The zero-order valence-electron chi connectivity index (χ0n) is 14.5. The van der Waals surface area contributed by atoms with Crippen LogP contribution in [0.2, 0.25) is 5.02 Å². The van der Waals surface area contributed by atoms with Crippen LogP contribution in [-0.4, -0.2) is 36.1 Å². The number of ether oxygens (including phenoxy) is 1. The van der Waals surface area contributed by atoms with Gasteiger partial charge in [0.15, 0.2) is 0 Å². The van der Waals surface area contributed by atoms with E-state index < -0.39 is 0 Å². The summed E-state index contributed by atoms with van der Waals surface area (Å²) in [6.07, 6.45) is 6.06. The third-order valence-corrected chi connectivity index (χ3v) is 4.68. The molecule has 1 aromatic carbocycles. The number of nitrogens with one attached hydrogen (secondary N) is 1. The molecule has 1 aliphatic heterocycles. The number of likely N-dealkylation sites (tertiary alicyclic amines) is 1. The first-order chi connectivity index (χ1) is 11.7. The van der Waals surface area contributed by atoms with Crippen molar-refractivity contribution in [1.82, 2.24) is 15.2 Å². The van der Waals surface area contributed by atoms with Gasteiger partial charge in [0, 0.05) is 47.7 Å². The molecule has 0 aliphatic carbocycles. The van der Waals surface area contributed by atoms with E-state index in [4.69, 9.17) is 16.3 Å². The average molecular weight is 382 g/mol. The maximum absolute atomic E-state index is 6.21. The minimum Gasteiger partial charge on any atom is -0.489 e. The van der Waals surface area contributed by atoms with E-state index in [9.17, 15) is 0 Å². The van der Waals surface area contributed by atoms with Crippen LogP contribution < -0.4 is 10.1 Å². The Labute approximate surface area is 161 Å². The van der Waals surface area contributed by atoms with Gasteiger partial charge in [-0.2, -0.15) is 0 Å². The van der Waals surface area contributed by atoms with E-state index in [1.807, 2.05) is 43.6 Å². The Kier molecular flexibility index (Phi) is 7.97. The lowest BCUT2D eigenvalue weighted by atomic mass is 10.0. The Morgan fingerprint density at radius 1 is 1.36 bits per heavy atom. The van der Waals surface area contributed by atoms with Crippen LogP contribution in [0.1, 0.15) is 24.0 Å². The second-order valence-corrected chi connectivity index (χ2v) is 6.70. The smallest absolute Gasteiger partial charge is 0.124 e. The predicted molar refractivity (Wildman–Crippen MR) is 105 cm³/mol. The molecule has 1 N–H and O–H groups in total. The Balaban J connectivity index is 0.00000225. The Bertz CT molecular complexity index is 654. The predicted octanol–water partition coefficient (Wildman–Crippen LogP) is 3.92. The SMILES string of the molecule is CNC1CCCN(Cc2cc(Cl)ccc2OCc2cccnc2)C1.Cl. The number of benzene rings is 1. The molecule has 3 rings (SSSR count). The van der Waals surface area contributed by atoms with Gasteiger partial charge >= 0.3 is 0 Å². The number of halogens is 2. The average Bonchev–Trinajstić information content (AvgIpc) is 2.62. The number of rotatable bonds is 6. The lowest BCUT2D eigenvalue weighted by Crippen LogP contribution is -2.43. The van der Waals surface area contributed by atoms with Gasteiger partial charge in [-0.15, -0.1) is 12.4 Å². The summed E-state index contributed by atoms with van der Waals surface area (Å²) < 4.78 is 6.03. The van der Waals surface area contributed by atoms with Crippen LogP contribution in [0.25, 0.3) is 0 Å². The second-order valence-electron chi connectivity index (χ2n) is 6.26. The van der Waals surface area contributed by atoms with Gasteiger partial charge in [-0.05, 0) is 50.7 Å². The van der Waals surface area contributed by atoms with E-state index in [1.54, 1.807) is 6.20 Å². The summed E-state index contributed by atoms with van der Waals surface area (Å²) >= 11 is 6.21. The van der Waals surface area contributed by atoms with E-state index in [-0.39, 0.29) is 12.4 Å². The van der Waals surface area contributed by atoms with Crippen LogP contribution >= 0.6 is 24.0 Å². The van der Waals surface area contributed by atoms with Gasteiger partial charge in [0.1, 0.15) is 12.4 Å². The van der Waals surface area contributed by atoms with Crippen LogP contribution in [-0.2, 0) is 13.2 Å². The zero-order chi connectivity index (χ0) is 16.8. The first-order valence-corrected chi connectivity index (χ1v) is 8.82. The number of hydrogen-bond acceptors (Lipinski definition) is 4. The maximum Gasteiger partial charge on any atom is 0.124 e. The van der Waals surface area contributed by atoms with Crippen LogP contribution in [0.15, 0.2) is 42.7 Å². The molecule has 0 radical (unpaired) electrons. The van der Waals surface area contributed by atoms with Gasteiger partial charge in [0.05, 0.1) is 0 Å². The minimum atomic E-state index is 0. The summed E-state index contributed by atoms with van der Waals surface area (Å²) in [5.41, 5.74) is 2.20. The first kappa shape index (κ1) is 20.0. The molecular formula is C19H25Cl2N3O. The van der Waals surface area contributed by atoms with Crippen molar-refractivity contribution < 1.29 is 4.74 Å². The molecule has 1 atom stereocenters. The van der Waals surface area contributed by atoms with Gasteiger partial charge in [-0.25, -0.2) is 0 Å². The Morgan fingerprint density at radius 2 is 2.24 bits per heavy atom. The molecule has 1 aromatic heterocycles. The van der Waals surface area contributed by atoms with E-state index in [1.165, 1.54) is 12.8 Å². The minimum absolute atomic E-state index is 0. The largest absolute Gasteiger partial charge is 0.489 e. The molecule has 2 heterocycles. The maximum atomic E-state index is 6.21. The topological polar surface area (TPSA) is 37.4 Å². The zero-order valence-corrected chi connectivity index (χ0v) is 16.0. The summed E-state index contributed by atoms with van der Waals surface area (Å²) in [4.78, 5) is 6.59. The number of piperidine rings is 1. The summed E-state index contributed by atoms with van der Waals surface area (Å²) in [6.45, 7) is 3.56. The molecule has 136 valence electrons. The molecule has 4 nitrogen and oxygen atoms in total. The first-order valence-electron chi connectivity index (χ1n) is 8.44. The monoisotopic (exact) mass is 381 g/mol. The third kappa shape index (κ3) is 5.86. The lowest BCUT2D eigenvalue weighted by molar-refractivity contribution is 0.184. The molecule has 1 saturated heterocycles. The van der Waals surface area contributed by atoms with Crippen molar-refractivity contribution in [1.29, 1.82) is 0 Å². The number of nitrogens with zero attached hydrogens (tertiary/aromatic N) is 2. The van der Waals surface area contributed by atoms with Crippen molar-refractivity contribution in [3.05, 3.63) is 58.9 Å².